The molecule has 1 aromatic rings. The number of nitrogens with zero attached hydrogens (tertiary/aromatic N) is 1. The molecule has 1 fully saturated rings. The number of piperazine rings is 1. The van der Waals surface area contributed by atoms with Gasteiger partial charge >= 0.3 is 0 Å². The maximum atomic E-state index is 12.2. The summed E-state index contributed by atoms with van der Waals surface area (Å²) in [5.41, 5.74) is 6.75. The van der Waals surface area contributed by atoms with E-state index in [-0.39, 0.29) is 36.8 Å². The van der Waals surface area contributed by atoms with Crippen LogP contribution in [0.25, 0.3) is 0 Å². The number of para-hydroxylation sites is 1. The molecular formula is C14H23Cl2N3O2. The lowest BCUT2D eigenvalue weighted by Gasteiger charge is -2.38. The van der Waals surface area contributed by atoms with Crippen LogP contribution in [0.5, 0.6) is 5.75 Å². The Hall–Kier alpha value is -1.01. The lowest BCUT2D eigenvalue weighted by atomic mass is 10.0. The lowest BCUT2D eigenvalue weighted by molar-refractivity contribution is -0.135. The highest BCUT2D eigenvalue weighted by molar-refractivity contribution is 5.85. The smallest absolute Gasteiger partial charge is 0.239 e. The van der Waals surface area contributed by atoms with Gasteiger partial charge in [0.25, 0.3) is 0 Å². The molecule has 0 bridgehead atoms. The minimum absolute atomic E-state index is 0. The van der Waals surface area contributed by atoms with Gasteiger partial charge in [0, 0.05) is 25.2 Å². The topological polar surface area (TPSA) is 67.6 Å². The van der Waals surface area contributed by atoms with Crippen molar-refractivity contribution >= 4 is 30.7 Å². The first-order chi connectivity index (χ1) is 9.15. The molecule has 2 atom stereocenters. The summed E-state index contributed by atoms with van der Waals surface area (Å²) in [6, 6.07) is 7.30. The van der Waals surface area contributed by atoms with Crippen molar-refractivity contribution in [2.75, 3.05) is 26.7 Å². The average Bonchev–Trinajstić information content (AvgIpc) is 2.46. The minimum Gasteiger partial charge on any atom is -0.496 e. The van der Waals surface area contributed by atoms with Crippen molar-refractivity contribution in [3.8, 4) is 5.75 Å². The average molecular weight is 336 g/mol. The predicted molar refractivity (Wildman–Crippen MR) is 88.5 cm³/mol. The van der Waals surface area contributed by atoms with Crippen LogP contribution in [0.3, 0.4) is 0 Å². The monoisotopic (exact) mass is 335 g/mol. The molecule has 1 saturated heterocycles. The molecule has 1 aliphatic rings. The second-order valence-corrected chi connectivity index (χ2v) is 4.78. The van der Waals surface area contributed by atoms with Crippen LogP contribution < -0.4 is 15.8 Å². The molecule has 1 heterocycles. The summed E-state index contributed by atoms with van der Waals surface area (Å²) in [6.45, 7) is 3.91. The van der Waals surface area contributed by atoms with Crippen molar-refractivity contribution < 1.29 is 9.53 Å². The Morgan fingerprint density at radius 2 is 2.10 bits per heavy atom. The van der Waals surface area contributed by atoms with E-state index in [2.05, 4.69) is 5.32 Å². The summed E-state index contributed by atoms with van der Waals surface area (Å²) in [5, 5.41) is 3.32. The van der Waals surface area contributed by atoms with Gasteiger partial charge in [-0.25, -0.2) is 0 Å². The van der Waals surface area contributed by atoms with Gasteiger partial charge in [0.2, 0.25) is 5.91 Å². The van der Waals surface area contributed by atoms with Crippen molar-refractivity contribution in [3.63, 3.8) is 0 Å². The highest BCUT2D eigenvalue weighted by Crippen LogP contribution is 2.30. The van der Waals surface area contributed by atoms with E-state index in [1.165, 1.54) is 0 Å². The number of nitrogens with two attached hydrogens (primary N) is 1. The quantitative estimate of drug-likeness (QED) is 0.875. The molecule has 1 aliphatic heterocycles. The number of hydrogen-bond donors (Lipinski definition) is 2. The number of rotatable bonds is 3. The number of carbonyl (C=O) groups is 1. The molecule has 0 spiro atoms. The second kappa shape index (κ2) is 9.10. The van der Waals surface area contributed by atoms with Gasteiger partial charge in [0.1, 0.15) is 5.75 Å². The molecule has 0 aromatic heterocycles. The maximum absolute atomic E-state index is 12.2. The summed E-state index contributed by atoms with van der Waals surface area (Å²) in [4.78, 5) is 14.1. The highest BCUT2D eigenvalue weighted by atomic mass is 35.5. The zero-order chi connectivity index (χ0) is 13.8. The van der Waals surface area contributed by atoms with Gasteiger partial charge in [-0.3, -0.25) is 4.79 Å². The van der Waals surface area contributed by atoms with Crippen LogP contribution in [0.2, 0.25) is 0 Å². The lowest BCUT2D eigenvalue weighted by Crippen LogP contribution is -2.52. The van der Waals surface area contributed by atoms with Crippen LogP contribution in [0.4, 0.5) is 0 Å². The van der Waals surface area contributed by atoms with E-state index >= 15 is 0 Å². The standard InChI is InChI=1S/C14H21N3O2.2ClH/c1-10(15)14(18)17-8-7-16-9-12(17)11-5-3-4-6-13(11)19-2;;/h3-6,10,12,16H,7-9,15H2,1-2H3;2*1H/t10-,12?;;/m1../s1. The van der Waals surface area contributed by atoms with Gasteiger partial charge in [-0.15, -0.1) is 24.8 Å². The van der Waals surface area contributed by atoms with Gasteiger partial charge in [0.05, 0.1) is 19.2 Å². The van der Waals surface area contributed by atoms with Crippen LogP contribution in [0, 0.1) is 0 Å². The van der Waals surface area contributed by atoms with Gasteiger partial charge in [-0.2, -0.15) is 0 Å². The summed E-state index contributed by atoms with van der Waals surface area (Å²) in [5.74, 6) is 0.788. The number of ether oxygens (including phenoxy) is 1. The van der Waals surface area contributed by atoms with Crippen molar-refractivity contribution in [2.24, 2.45) is 5.73 Å². The Labute approximate surface area is 138 Å². The Morgan fingerprint density at radius 1 is 1.43 bits per heavy atom. The molecule has 5 nitrogen and oxygen atoms in total. The van der Waals surface area contributed by atoms with Crippen molar-refractivity contribution in [3.05, 3.63) is 29.8 Å². The highest BCUT2D eigenvalue weighted by Gasteiger charge is 2.30. The Morgan fingerprint density at radius 3 is 2.71 bits per heavy atom. The fraction of sp³-hybridized carbons (Fsp3) is 0.500. The van der Waals surface area contributed by atoms with Crippen LogP contribution in [0.15, 0.2) is 24.3 Å². The summed E-state index contributed by atoms with van der Waals surface area (Å²) in [6.07, 6.45) is 0. The number of hydrogen-bond acceptors (Lipinski definition) is 4. The van der Waals surface area contributed by atoms with Crippen LogP contribution in [-0.4, -0.2) is 43.6 Å². The Bertz CT molecular complexity index is 458. The third-order valence-corrected chi connectivity index (χ3v) is 3.41. The molecule has 21 heavy (non-hydrogen) atoms. The SMILES string of the molecule is COc1ccccc1C1CNCCN1C(=O)[C@@H](C)N.Cl.Cl. The molecule has 2 rings (SSSR count). The van der Waals surface area contributed by atoms with Crippen LogP contribution in [-0.2, 0) is 4.79 Å². The molecule has 0 radical (unpaired) electrons. The van der Waals surface area contributed by atoms with Gasteiger partial charge in [-0.05, 0) is 13.0 Å². The molecular weight excluding hydrogens is 313 g/mol. The van der Waals surface area contributed by atoms with Crippen molar-refractivity contribution in [1.82, 2.24) is 10.2 Å². The molecule has 0 saturated carbocycles. The van der Waals surface area contributed by atoms with Crippen LogP contribution in [0.1, 0.15) is 18.5 Å². The largest absolute Gasteiger partial charge is 0.496 e. The van der Waals surface area contributed by atoms with Crippen molar-refractivity contribution in [2.45, 2.75) is 19.0 Å². The van der Waals surface area contributed by atoms with E-state index in [4.69, 9.17) is 10.5 Å². The summed E-state index contributed by atoms with van der Waals surface area (Å²) >= 11 is 0. The molecule has 1 aromatic carbocycles. The van der Waals surface area contributed by atoms with Gasteiger partial charge in [0.15, 0.2) is 0 Å². The predicted octanol–water partition coefficient (Wildman–Crippen LogP) is 1.36. The van der Waals surface area contributed by atoms with Crippen LogP contribution >= 0.6 is 24.8 Å². The fourth-order valence-corrected chi connectivity index (χ4v) is 2.45. The zero-order valence-electron chi connectivity index (χ0n) is 12.2. The third-order valence-electron chi connectivity index (χ3n) is 3.41. The number of amides is 1. The van der Waals surface area contributed by atoms with E-state index in [9.17, 15) is 4.79 Å². The fourth-order valence-electron chi connectivity index (χ4n) is 2.45. The van der Waals surface area contributed by atoms with E-state index < -0.39 is 6.04 Å². The number of halogens is 2. The first kappa shape index (κ1) is 20.0. The minimum atomic E-state index is -0.477. The van der Waals surface area contributed by atoms with Gasteiger partial charge in [-0.1, -0.05) is 18.2 Å². The van der Waals surface area contributed by atoms with E-state index in [0.29, 0.717) is 6.54 Å². The molecule has 1 amide bonds. The number of methoxy groups -OCH3 is 1. The van der Waals surface area contributed by atoms with E-state index in [0.717, 1.165) is 24.4 Å². The molecule has 1 unspecified atom stereocenters. The van der Waals surface area contributed by atoms with Gasteiger partial charge < -0.3 is 20.7 Å². The molecule has 0 aliphatic carbocycles. The first-order valence-corrected chi connectivity index (χ1v) is 6.55. The Kier molecular flexibility index (Phi) is 8.66. The molecule has 7 heteroatoms. The summed E-state index contributed by atoms with van der Waals surface area (Å²) in [7, 11) is 1.65. The molecule has 3 N–H and O–H groups in total. The van der Waals surface area contributed by atoms with E-state index in [1.807, 2.05) is 29.2 Å². The first-order valence-electron chi connectivity index (χ1n) is 6.55. The zero-order valence-corrected chi connectivity index (χ0v) is 13.9. The number of benzene rings is 1. The number of nitrogens with one attached hydrogen (secondary N) is 1. The second-order valence-electron chi connectivity index (χ2n) is 4.78. The summed E-state index contributed by atoms with van der Waals surface area (Å²) < 4.78 is 5.39. The number of carbonyl (C=O) groups excluding carboxylic acids is 1. The van der Waals surface area contributed by atoms with Crippen molar-refractivity contribution in [1.29, 1.82) is 0 Å². The normalized spacial score (nSPS) is 19.0. The van der Waals surface area contributed by atoms with E-state index in [1.54, 1.807) is 14.0 Å². The molecule has 120 valence electrons. The Balaban J connectivity index is 0.00000200. The maximum Gasteiger partial charge on any atom is 0.239 e. The third kappa shape index (κ3) is 4.48.